The summed E-state index contributed by atoms with van der Waals surface area (Å²) in [6.45, 7) is 0. The van der Waals surface area contributed by atoms with Crippen LogP contribution >= 0.6 is 11.3 Å². The molecule has 158 valence electrons. The second-order valence-electron chi connectivity index (χ2n) is 8.97. The van der Waals surface area contributed by atoms with Gasteiger partial charge in [-0.05, 0) is 68.0 Å². The van der Waals surface area contributed by atoms with Gasteiger partial charge in [0.2, 0.25) is 0 Å². The van der Waals surface area contributed by atoms with E-state index in [1.165, 1.54) is 69.9 Å². The largest absolute Gasteiger partial charge is 0.309 e. The maximum atomic E-state index is 2.46. The molecule has 0 radical (unpaired) electrons. The topological polar surface area (TPSA) is 4.93 Å². The zero-order valence-electron chi connectivity index (χ0n) is 18.3. The summed E-state index contributed by atoms with van der Waals surface area (Å²) in [5.74, 6) is 0. The van der Waals surface area contributed by atoms with Crippen LogP contribution in [0.25, 0.3) is 69.9 Å². The molecule has 8 rings (SSSR count). The van der Waals surface area contributed by atoms with E-state index < -0.39 is 0 Å². The molecule has 0 saturated carbocycles. The fourth-order valence-corrected chi connectivity index (χ4v) is 6.60. The third-order valence-electron chi connectivity index (χ3n) is 7.25. The molecule has 0 unspecified atom stereocenters. The first-order valence-electron chi connectivity index (χ1n) is 11.6. The van der Waals surface area contributed by atoms with E-state index in [1.807, 2.05) is 11.3 Å². The highest BCUT2D eigenvalue weighted by Crippen LogP contribution is 2.40. The predicted octanol–water partition coefficient (Wildman–Crippen LogP) is 9.46. The summed E-state index contributed by atoms with van der Waals surface area (Å²) in [5, 5.41) is 14.0. The lowest BCUT2D eigenvalue weighted by Crippen LogP contribution is -1.94. The fourth-order valence-electron chi connectivity index (χ4n) is 5.81. The Labute approximate surface area is 200 Å². The van der Waals surface area contributed by atoms with Crippen molar-refractivity contribution in [3.05, 3.63) is 115 Å². The van der Waals surface area contributed by atoms with Gasteiger partial charge in [-0.25, -0.2) is 0 Å². The number of rotatable bonds is 1. The monoisotopic (exact) mass is 449 g/mol. The predicted molar refractivity (Wildman–Crippen MR) is 149 cm³/mol. The summed E-state index contributed by atoms with van der Waals surface area (Å²) in [6.07, 6.45) is 0. The Balaban J connectivity index is 1.58. The van der Waals surface area contributed by atoms with Crippen molar-refractivity contribution in [3.63, 3.8) is 0 Å². The van der Waals surface area contributed by atoms with Crippen LogP contribution in [0.1, 0.15) is 0 Å². The van der Waals surface area contributed by atoms with E-state index in [2.05, 4.69) is 119 Å². The Kier molecular flexibility index (Phi) is 3.60. The van der Waals surface area contributed by atoms with Crippen LogP contribution in [0, 0.1) is 0 Å². The molecule has 0 aliphatic carbocycles. The first-order chi connectivity index (χ1) is 16.9. The third-order valence-corrected chi connectivity index (χ3v) is 8.13. The molecule has 1 nitrogen and oxygen atoms in total. The summed E-state index contributed by atoms with van der Waals surface area (Å²) in [6, 6.07) is 40.2. The molecule has 2 heterocycles. The molecule has 0 aliphatic heterocycles. The number of thiophene rings is 1. The highest BCUT2D eigenvalue weighted by Gasteiger charge is 2.16. The number of aromatic nitrogens is 1. The Bertz CT molecular complexity index is 2040. The quantitative estimate of drug-likeness (QED) is 0.220. The van der Waals surface area contributed by atoms with Crippen molar-refractivity contribution in [1.82, 2.24) is 4.57 Å². The zero-order chi connectivity index (χ0) is 22.2. The minimum absolute atomic E-state index is 1.21. The lowest BCUT2D eigenvalue weighted by atomic mass is 9.94. The van der Waals surface area contributed by atoms with Crippen LogP contribution in [-0.4, -0.2) is 4.57 Å². The second-order valence-corrected chi connectivity index (χ2v) is 9.92. The summed E-state index contributed by atoms with van der Waals surface area (Å²) in [7, 11) is 0. The first-order valence-corrected chi connectivity index (χ1v) is 12.5. The Morgan fingerprint density at radius 3 is 1.76 bits per heavy atom. The van der Waals surface area contributed by atoms with Gasteiger partial charge >= 0.3 is 0 Å². The van der Waals surface area contributed by atoms with Crippen LogP contribution < -0.4 is 0 Å². The van der Waals surface area contributed by atoms with Gasteiger partial charge in [0, 0.05) is 26.5 Å². The van der Waals surface area contributed by atoms with E-state index >= 15 is 0 Å². The molecule has 0 aliphatic rings. The Morgan fingerprint density at radius 1 is 0.441 bits per heavy atom. The molecule has 2 aromatic heterocycles. The van der Waals surface area contributed by atoms with Gasteiger partial charge in [-0.1, -0.05) is 78.9 Å². The Hall–Kier alpha value is -4.14. The molecule has 0 spiro atoms. The summed E-state index contributed by atoms with van der Waals surface area (Å²) in [5.41, 5.74) is 3.75. The zero-order valence-corrected chi connectivity index (χ0v) is 19.1. The maximum absolute atomic E-state index is 2.46. The summed E-state index contributed by atoms with van der Waals surface area (Å²) < 4.78 is 3.79. The molecule has 8 aromatic rings. The number of hydrogen-bond donors (Lipinski definition) is 0. The minimum Gasteiger partial charge on any atom is -0.309 e. The lowest BCUT2D eigenvalue weighted by molar-refractivity contribution is 1.19. The molecule has 0 fully saturated rings. The number of nitrogens with zero attached hydrogens (tertiary/aromatic N) is 1. The van der Waals surface area contributed by atoms with Crippen molar-refractivity contribution < 1.29 is 0 Å². The lowest BCUT2D eigenvalue weighted by Gasteiger charge is -2.14. The molecule has 2 heteroatoms. The average Bonchev–Trinajstić information content (AvgIpc) is 3.51. The molecular weight excluding hydrogens is 430 g/mol. The van der Waals surface area contributed by atoms with E-state index in [1.54, 1.807) is 0 Å². The fraction of sp³-hybridized carbons (Fsp3) is 0. The van der Waals surface area contributed by atoms with Crippen LogP contribution in [0.2, 0.25) is 0 Å². The molecule has 34 heavy (non-hydrogen) atoms. The molecule has 0 saturated heterocycles. The van der Waals surface area contributed by atoms with E-state index in [-0.39, 0.29) is 0 Å². The van der Waals surface area contributed by atoms with Crippen LogP contribution in [0.15, 0.2) is 115 Å². The molecule has 0 N–H and O–H groups in total. The van der Waals surface area contributed by atoms with Gasteiger partial charge in [0.05, 0.1) is 11.0 Å². The smallest absolute Gasteiger partial charge is 0.0627 e. The van der Waals surface area contributed by atoms with Gasteiger partial charge in [0.1, 0.15) is 0 Å². The van der Waals surface area contributed by atoms with Gasteiger partial charge in [-0.15, -0.1) is 11.3 Å². The molecule has 0 amide bonds. The average molecular weight is 450 g/mol. The molecule has 0 bridgehead atoms. The van der Waals surface area contributed by atoms with Crippen molar-refractivity contribution in [2.75, 3.05) is 0 Å². The van der Waals surface area contributed by atoms with Crippen molar-refractivity contribution >= 4 is 75.5 Å². The maximum Gasteiger partial charge on any atom is 0.0627 e. The van der Waals surface area contributed by atoms with Crippen LogP contribution in [0.3, 0.4) is 0 Å². The van der Waals surface area contributed by atoms with E-state index in [0.717, 1.165) is 0 Å². The normalized spacial score (nSPS) is 12.1. The summed E-state index contributed by atoms with van der Waals surface area (Å²) in [4.78, 5) is 0. The number of para-hydroxylation sites is 1. The van der Waals surface area contributed by atoms with Gasteiger partial charge in [-0.2, -0.15) is 0 Å². The highest BCUT2D eigenvalue weighted by atomic mass is 32.1. The third kappa shape index (κ3) is 2.33. The van der Waals surface area contributed by atoms with Crippen molar-refractivity contribution in [2.24, 2.45) is 0 Å². The standard InChI is InChI=1S/C32H19NS/c1-2-9-23-21(7-1)22-8-3-4-10-24(22)29-19-20(13-14-25(23)29)33-30-12-6-5-11-26(30)27-15-16-31-28(32(27)33)17-18-34-31/h1-19H. The molecular formula is C32H19NS. The number of hydrogen-bond acceptors (Lipinski definition) is 1. The first kappa shape index (κ1) is 18.3. The van der Waals surface area contributed by atoms with Crippen LogP contribution in [0.4, 0.5) is 0 Å². The molecule has 6 aromatic carbocycles. The number of fused-ring (bicyclic) bond motifs is 11. The van der Waals surface area contributed by atoms with Crippen LogP contribution in [-0.2, 0) is 0 Å². The number of benzene rings is 6. The van der Waals surface area contributed by atoms with Crippen molar-refractivity contribution in [3.8, 4) is 5.69 Å². The molecule has 0 atom stereocenters. The van der Waals surface area contributed by atoms with E-state index in [4.69, 9.17) is 0 Å². The SMILES string of the molecule is c1ccc2c(c1)c1ccccc1c1cc(-n3c4ccccc4c4ccc5sccc5c43)ccc21. The van der Waals surface area contributed by atoms with Gasteiger partial charge in [0.15, 0.2) is 0 Å². The van der Waals surface area contributed by atoms with E-state index in [9.17, 15) is 0 Å². The van der Waals surface area contributed by atoms with Gasteiger partial charge in [-0.3, -0.25) is 0 Å². The second kappa shape index (κ2) is 6.69. The summed E-state index contributed by atoms with van der Waals surface area (Å²) >= 11 is 1.81. The van der Waals surface area contributed by atoms with Crippen molar-refractivity contribution in [2.45, 2.75) is 0 Å². The highest BCUT2D eigenvalue weighted by molar-refractivity contribution is 7.17. The minimum atomic E-state index is 1.21. The van der Waals surface area contributed by atoms with E-state index in [0.29, 0.717) is 0 Å². The van der Waals surface area contributed by atoms with Crippen LogP contribution in [0.5, 0.6) is 0 Å². The van der Waals surface area contributed by atoms with Crippen molar-refractivity contribution in [1.29, 1.82) is 0 Å². The van der Waals surface area contributed by atoms with Gasteiger partial charge < -0.3 is 4.57 Å². The Morgan fingerprint density at radius 2 is 1.03 bits per heavy atom. The van der Waals surface area contributed by atoms with Gasteiger partial charge in [0.25, 0.3) is 0 Å².